The van der Waals surface area contributed by atoms with Crippen molar-refractivity contribution in [2.45, 2.75) is 25.8 Å². The minimum atomic E-state index is -1.43. The van der Waals surface area contributed by atoms with E-state index >= 15 is 0 Å². The lowest BCUT2D eigenvalue weighted by Gasteiger charge is -2.15. The summed E-state index contributed by atoms with van der Waals surface area (Å²) >= 11 is 0. The number of benzene rings is 1. The van der Waals surface area contributed by atoms with Crippen LogP contribution >= 0.6 is 0 Å². The van der Waals surface area contributed by atoms with Crippen LogP contribution in [0.25, 0.3) is 22.2 Å². The van der Waals surface area contributed by atoms with E-state index in [2.05, 4.69) is 21.7 Å². The normalized spacial score (nSPS) is 13.3. The second-order valence-corrected chi connectivity index (χ2v) is 7.91. The van der Waals surface area contributed by atoms with E-state index in [9.17, 15) is 19.8 Å². The summed E-state index contributed by atoms with van der Waals surface area (Å²) in [7, 11) is 3.96. The zero-order valence-electron chi connectivity index (χ0n) is 17.0. The molecule has 0 aliphatic heterocycles. The fourth-order valence-electron chi connectivity index (χ4n) is 4.36. The number of rotatable bonds is 5. The quantitative estimate of drug-likeness (QED) is 0.509. The Morgan fingerprint density at radius 1 is 1.27 bits per heavy atom. The number of aromatic hydroxyl groups is 1. The number of pyridine rings is 1. The maximum atomic E-state index is 12.4. The van der Waals surface area contributed by atoms with Gasteiger partial charge in [-0.25, -0.2) is 4.79 Å². The highest BCUT2D eigenvalue weighted by atomic mass is 16.4. The molecule has 1 aliphatic rings. The number of carbonyl (C=O) groups is 1. The largest absolute Gasteiger partial charge is 0.506 e. The van der Waals surface area contributed by atoms with E-state index in [1.54, 1.807) is 0 Å². The summed E-state index contributed by atoms with van der Waals surface area (Å²) in [6.07, 6.45) is 1.98. The lowest BCUT2D eigenvalue weighted by molar-refractivity contribution is 0.0691. The lowest BCUT2D eigenvalue weighted by atomic mass is 9.98. The first kappa shape index (κ1) is 20.2. The molecule has 30 heavy (non-hydrogen) atoms. The number of aromatic amines is 1. The van der Waals surface area contributed by atoms with Gasteiger partial charge in [0.2, 0.25) is 0 Å². The molecule has 2 aromatic heterocycles. The predicted molar refractivity (Wildman–Crippen MR) is 113 cm³/mol. The molecule has 0 amide bonds. The van der Waals surface area contributed by atoms with Gasteiger partial charge in [0.1, 0.15) is 5.75 Å². The number of aromatic nitrogens is 2. The van der Waals surface area contributed by atoms with Crippen molar-refractivity contribution in [1.82, 2.24) is 14.5 Å². The minimum absolute atomic E-state index is 0.0979. The van der Waals surface area contributed by atoms with Gasteiger partial charge in [-0.05, 0) is 50.1 Å². The monoisotopic (exact) mass is 411 g/mol. The van der Waals surface area contributed by atoms with E-state index in [0.29, 0.717) is 30.8 Å². The fraction of sp³-hybridized carbons (Fsp3) is 0.364. The number of nitrogens with one attached hydrogen (secondary N) is 1. The molecule has 1 aromatic carbocycles. The summed E-state index contributed by atoms with van der Waals surface area (Å²) in [5, 5.41) is 30.0. The summed E-state index contributed by atoms with van der Waals surface area (Å²) in [6, 6.07) is 6.19. The Labute approximate surface area is 173 Å². The maximum Gasteiger partial charge on any atom is 0.345 e. The minimum Gasteiger partial charge on any atom is -0.506 e. The van der Waals surface area contributed by atoms with Gasteiger partial charge in [0, 0.05) is 47.9 Å². The van der Waals surface area contributed by atoms with Crippen molar-refractivity contribution < 1.29 is 20.1 Å². The average Bonchev–Trinajstić information content (AvgIpc) is 2.86. The fourth-order valence-corrected chi connectivity index (χ4v) is 4.36. The molecular weight excluding hydrogens is 386 g/mol. The number of likely N-dealkylation sites (N-methyl/N-ethyl adjacent to an activating group) is 1. The van der Waals surface area contributed by atoms with Gasteiger partial charge < -0.3 is 24.9 Å². The molecular formula is C22H25N3O5. The predicted octanol–water partition coefficient (Wildman–Crippen LogP) is 1.85. The van der Waals surface area contributed by atoms with Gasteiger partial charge in [0.15, 0.2) is 5.56 Å². The molecule has 0 bridgehead atoms. The zero-order valence-corrected chi connectivity index (χ0v) is 17.0. The summed E-state index contributed by atoms with van der Waals surface area (Å²) in [4.78, 5) is 28.5. The molecule has 3 aromatic rings. The summed E-state index contributed by atoms with van der Waals surface area (Å²) < 4.78 is 2.13. The second-order valence-electron chi connectivity index (χ2n) is 7.91. The number of aliphatic hydroxyl groups excluding tert-OH is 1. The number of carboxylic acids is 1. The van der Waals surface area contributed by atoms with Crippen molar-refractivity contribution in [3.63, 3.8) is 0 Å². The van der Waals surface area contributed by atoms with Crippen LogP contribution in [0.1, 0.15) is 33.6 Å². The summed E-state index contributed by atoms with van der Waals surface area (Å²) in [5.41, 5.74) is 3.61. The van der Waals surface area contributed by atoms with Gasteiger partial charge in [-0.3, -0.25) is 9.69 Å². The topological polar surface area (TPSA) is 119 Å². The van der Waals surface area contributed by atoms with Gasteiger partial charge in [0.25, 0.3) is 5.56 Å². The Kier molecular flexibility index (Phi) is 5.13. The molecule has 0 unspecified atom stereocenters. The second kappa shape index (κ2) is 7.62. The Balaban J connectivity index is 1.89. The molecule has 0 fully saturated rings. The van der Waals surface area contributed by atoms with Gasteiger partial charge in [0.05, 0.1) is 12.3 Å². The van der Waals surface area contributed by atoms with Crippen LogP contribution in [0.5, 0.6) is 5.75 Å². The number of hydrogen-bond acceptors (Lipinski definition) is 5. The molecule has 8 nitrogen and oxygen atoms in total. The van der Waals surface area contributed by atoms with Crippen molar-refractivity contribution in [2.24, 2.45) is 7.05 Å². The molecule has 4 rings (SSSR count). The van der Waals surface area contributed by atoms with Crippen molar-refractivity contribution >= 4 is 16.9 Å². The Morgan fingerprint density at radius 3 is 2.73 bits per heavy atom. The number of aryl methyl sites for hydroxylation is 2. The third kappa shape index (κ3) is 3.28. The Morgan fingerprint density at radius 2 is 2.03 bits per heavy atom. The Bertz CT molecular complexity index is 1210. The van der Waals surface area contributed by atoms with Gasteiger partial charge in [-0.2, -0.15) is 0 Å². The number of fused-ring (bicyclic) bond motifs is 4. The first-order chi connectivity index (χ1) is 14.3. The molecule has 0 radical (unpaired) electrons. The van der Waals surface area contributed by atoms with Gasteiger partial charge >= 0.3 is 5.97 Å². The van der Waals surface area contributed by atoms with Crippen LogP contribution < -0.4 is 5.56 Å². The third-order valence-corrected chi connectivity index (χ3v) is 5.93. The molecule has 2 heterocycles. The van der Waals surface area contributed by atoms with E-state index in [-0.39, 0.29) is 6.61 Å². The molecule has 0 saturated carbocycles. The van der Waals surface area contributed by atoms with E-state index in [1.807, 2.05) is 25.1 Å². The molecule has 0 atom stereocenters. The number of nitrogens with zero attached hydrogens (tertiary/aromatic N) is 2. The smallest absolute Gasteiger partial charge is 0.345 e. The lowest BCUT2D eigenvalue weighted by Crippen LogP contribution is -2.22. The first-order valence-corrected chi connectivity index (χ1v) is 9.94. The molecule has 0 spiro atoms. The number of carboxylic acid groups (broad SMARTS) is 1. The van der Waals surface area contributed by atoms with Crippen molar-refractivity contribution in [1.29, 1.82) is 0 Å². The highest BCUT2D eigenvalue weighted by Crippen LogP contribution is 2.38. The number of aliphatic hydroxyl groups is 1. The molecule has 4 N–H and O–H groups in total. The summed E-state index contributed by atoms with van der Waals surface area (Å²) in [5.74, 6) is -1.87. The molecule has 0 saturated heterocycles. The van der Waals surface area contributed by atoms with Crippen molar-refractivity contribution in [2.75, 3.05) is 20.2 Å². The number of aromatic carboxylic acids is 1. The highest BCUT2D eigenvalue weighted by molar-refractivity contribution is 5.93. The van der Waals surface area contributed by atoms with E-state index < -0.39 is 22.8 Å². The van der Waals surface area contributed by atoms with Crippen LogP contribution in [-0.4, -0.2) is 55.9 Å². The molecule has 1 aliphatic carbocycles. The van der Waals surface area contributed by atoms with Gasteiger partial charge in [-0.1, -0.05) is 0 Å². The van der Waals surface area contributed by atoms with E-state index in [0.717, 1.165) is 40.6 Å². The van der Waals surface area contributed by atoms with Crippen LogP contribution in [0.3, 0.4) is 0 Å². The zero-order chi connectivity index (χ0) is 21.6. The SMILES string of the molecule is CN(CCO)Cc1cc2cc3c(cc2n1C)CCCc1c-3[nH]c(=O)c(C(=O)O)c1O. The van der Waals surface area contributed by atoms with Gasteiger partial charge in [-0.15, -0.1) is 0 Å². The first-order valence-electron chi connectivity index (χ1n) is 9.94. The van der Waals surface area contributed by atoms with E-state index in [1.165, 1.54) is 0 Å². The van der Waals surface area contributed by atoms with Crippen molar-refractivity contribution in [3.8, 4) is 17.0 Å². The Hall–Kier alpha value is -3.10. The van der Waals surface area contributed by atoms with Crippen LogP contribution in [0.2, 0.25) is 0 Å². The molecule has 8 heteroatoms. The highest BCUT2D eigenvalue weighted by Gasteiger charge is 2.26. The van der Waals surface area contributed by atoms with E-state index in [4.69, 9.17) is 5.11 Å². The third-order valence-electron chi connectivity index (χ3n) is 5.93. The maximum absolute atomic E-state index is 12.4. The summed E-state index contributed by atoms with van der Waals surface area (Å²) in [6.45, 7) is 1.37. The van der Waals surface area contributed by atoms with Crippen LogP contribution in [0, 0.1) is 0 Å². The van der Waals surface area contributed by atoms with Crippen LogP contribution in [0.15, 0.2) is 23.0 Å². The standard InChI is InChI=1S/C22H25N3O5/c1-24(6-7-26)11-14-8-13-9-16-12(10-17(13)25(14)2)4-3-5-15-19(16)23-21(28)18(20(15)27)22(29)30/h8-10,26H,3-7,11H2,1-2H3,(H,29,30)(H2,23,27,28). The number of hydrogen-bond donors (Lipinski definition) is 4. The molecule has 158 valence electrons. The number of H-pyrrole nitrogens is 1. The van der Waals surface area contributed by atoms with Crippen LogP contribution in [-0.2, 0) is 26.4 Å². The van der Waals surface area contributed by atoms with Crippen molar-refractivity contribution in [3.05, 3.63) is 50.9 Å². The average molecular weight is 411 g/mol. The van der Waals surface area contributed by atoms with Crippen LogP contribution in [0.4, 0.5) is 0 Å².